The van der Waals surface area contributed by atoms with E-state index < -0.39 is 0 Å². The molecule has 1 aromatic rings. The van der Waals surface area contributed by atoms with E-state index in [1.54, 1.807) is 12.1 Å². The molecule has 2 aliphatic heterocycles. The Morgan fingerprint density at radius 3 is 2.75 bits per heavy atom. The molecule has 1 N–H and O–H groups in total. The summed E-state index contributed by atoms with van der Waals surface area (Å²) < 4.78 is 24.5. The second kappa shape index (κ2) is 6.20. The molecule has 0 bridgehead atoms. The van der Waals surface area contributed by atoms with Gasteiger partial charge in [0, 0.05) is 37.8 Å². The summed E-state index contributed by atoms with van der Waals surface area (Å²) in [6.07, 6.45) is 2.95. The third-order valence-electron chi connectivity index (χ3n) is 4.55. The second-order valence-corrected chi connectivity index (χ2v) is 5.84. The summed E-state index contributed by atoms with van der Waals surface area (Å²) in [6, 6.07) is 7.47. The van der Waals surface area contributed by atoms with Crippen LogP contribution in [0.4, 0.5) is 4.39 Å². The zero-order valence-corrected chi connectivity index (χ0v) is 11.7. The van der Waals surface area contributed by atoms with Crippen molar-refractivity contribution in [1.29, 1.82) is 0 Å². The Hall–Kier alpha value is -0.970. The number of nitrogens with one attached hydrogen (secondary N) is 1. The highest BCUT2D eigenvalue weighted by Gasteiger charge is 2.35. The van der Waals surface area contributed by atoms with E-state index in [0.29, 0.717) is 6.04 Å². The van der Waals surface area contributed by atoms with Crippen LogP contribution in [-0.4, -0.2) is 39.0 Å². The van der Waals surface area contributed by atoms with Gasteiger partial charge in [0.2, 0.25) is 0 Å². The van der Waals surface area contributed by atoms with Crippen molar-refractivity contribution in [2.75, 3.05) is 33.0 Å². The molecule has 0 radical (unpaired) electrons. The Kier molecular flexibility index (Phi) is 4.34. The molecular weight excluding hydrogens is 257 g/mol. The average Bonchev–Trinajstić information content (AvgIpc) is 3.00. The lowest BCUT2D eigenvalue weighted by molar-refractivity contribution is 0.0485. The Morgan fingerprint density at radius 2 is 2.05 bits per heavy atom. The molecule has 1 atom stereocenters. The molecule has 1 aromatic carbocycles. The van der Waals surface area contributed by atoms with Gasteiger partial charge in [0.25, 0.3) is 0 Å². The van der Waals surface area contributed by atoms with Crippen molar-refractivity contribution in [2.45, 2.75) is 30.7 Å². The van der Waals surface area contributed by atoms with Crippen LogP contribution in [0.2, 0.25) is 0 Å². The van der Waals surface area contributed by atoms with Gasteiger partial charge in [0.05, 0.1) is 6.61 Å². The summed E-state index contributed by atoms with van der Waals surface area (Å²) in [5.74, 6) is -0.155. The van der Waals surface area contributed by atoms with Crippen LogP contribution in [-0.2, 0) is 14.9 Å². The summed E-state index contributed by atoms with van der Waals surface area (Å²) in [6.45, 7) is 4.00. The summed E-state index contributed by atoms with van der Waals surface area (Å²) in [4.78, 5) is 0. The van der Waals surface area contributed by atoms with Crippen molar-refractivity contribution >= 4 is 0 Å². The van der Waals surface area contributed by atoms with Crippen LogP contribution in [0.1, 0.15) is 24.8 Å². The first kappa shape index (κ1) is 14.0. The molecule has 2 fully saturated rings. The zero-order chi connectivity index (χ0) is 13.8. The van der Waals surface area contributed by atoms with Gasteiger partial charge in [-0.05, 0) is 37.0 Å². The Bertz CT molecular complexity index is 440. The highest BCUT2D eigenvalue weighted by atomic mass is 19.1. The fraction of sp³-hybridized carbons (Fsp3) is 0.625. The van der Waals surface area contributed by atoms with Gasteiger partial charge in [-0.25, -0.2) is 4.39 Å². The number of halogens is 1. The maximum atomic E-state index is 13.6. The topological polar surface area (TPSA) is 30.5 Å². The van der Waals surface area contributed by atoms with Crippen LogP contribution in [0.5, 0.6) is 0 Å². The number of ether oxygens (including phenoxy) is 2. The van der Waals surface area contributed by atoms with Gasteiger partial charge in [-0.1, -0.05) is 12.1 Å². The van der Waals surface area contributed by atoms with Gasteiger partial charge in [-0.15, -0.1) is 0 Å². The minimum atomic E-state index is -0.155. The predicted octanol–water partition coefficient (Wildman–Crippen LogP) is 2.25. The highest BCUT2D eigenvalue weighted by Crippen LogP contribution is 2.34. The van der Waals surface area contributed by atoms with Gasteiger partial charge >= 0.3 is 0 Å². The number of hydrogen-bond acceptors (Lipinski definition) is 3. The molecule has 0 unspecified atom stereocenters. The van der Waals surface area contributed by atoms with E-state index >= 15 is 0 Å². The van der Waals surface area contributed by atoms with E-state index in [-0.39, 0.29) is 11.2 Å². The van der Waals surface area contributed by atoms with Crippen LogP contribution >= 0.6 is 0 Å². The molecule has 2 saturated heterocycles. The van der Waals surface area contributed by atoms with Crippen molar-refractivity contribution in [3.63, 3.8) is 0 Å². The van der Waals surface area contributed by atoms with Gasteiger partial charge in [0.15, 0.2) is 0 Å². The number of benzene rings is 1. The van der Waals surface area contributed by atoms with Crippen LogP contribution in [0.3, 0.4) is 0 Å². The molecule has 0 spiro atoms. The fourth-order valence-electron chi connectivity index (χ4n) is 3.18. The van der Waals surface area contributed by atoms with E-state index in [1.165, 1.54) is 6.07 Å². The first-order valence-corrected chi connectivity index (χ1v) is 7.43. The van der Waals surface area contributed by atoms with Crippen molar-refractivity contribution in [1.82, 2.24) is 5.32 Å². The fourth-order valence-corrected chi connectivity index (χ4v) is 3.18. The van der Waals surface area contributed by atoms with Crippen LogP contribution in [0, 0.1) is 5.82 Å². The summed E-state index contributed by atoms with van der Waals surface area (Å²) in [7, 11) is 0. The SMILES string of the molecule is Fc1cccc(C2(CN[C@H]3CCOC3)CCOCC2)c1. The standard InChI is InChI=1S/C16H22FNO2/c17-14-3-1-2-13(10-14)16(5-8-19-9-6-16)12-18-15-4-7-20-11-15/h1-3,10,15,18H,4-9,11-12H2/t15-/m0/s1. The van der Waals surface area contributed by atoms with E-state index in [0.717, 1.165) is 57.8 Å². The molecule has 0 amide bonds. The van der Waals surface area contributed by atoms with Crippen molar-refractivity contribution < 1.29 is 13.9 Å². The minimum Gasteiger partial charge on any atom is -0.381 e. The number of hydrogen-bond donors (Lipinski definition) is 1. The third kappa shape index (κ3) is 3.03. The molecule has 2 heterocycles. The molecule has 110 valence electrons. The van der Waals surface area contributed by atoms with E-state index in [2.05, 4.69) is 5.32 Å². The Balaban J connectivity index is 1.76. The molecule has 0 saturated carbocycles. The normalized spacial score (nSPS) is 25.8. The summed E-state index contributed by atoms with van der Waals surface area (Å²) in [5, 5.41) is 3.61. The molecule has 4 heteroatoms. The van der Waals surface area contributed by atoms with Crippen LogP contribution in [0.15, 0.2) is 24.3 Å². The molecule has 3 nitrogen and oxygen atoms in total. The lowest BCUT2D eigenvalue weighted by Gasteiger charge is -2.38. The van der Waals surface area contributed by atoms with E-state index in [1.807, 2.05) is 6.07 Å². The zero-order valence-electron chi connectivity index (χ0n) is 11.7. The maximum Gasteiger partial charge on any atom is 0.123 e. The van der Waals surface area contributed by atoms with Crippen molar-refractivity contribution in [3.05, 3.63) is 35.6 Å². The molecule has 0 aliphatic carbocycles. The maximum absolute atomic E-state index is 13.6. The Labute approximate surface area is 119 Å². The summed E-state index contributed by atoms with van der Waals surface area (Å²) >= 11 is 0. The number of rotatable bonds is 4. The van der Waals surface area contributed by atoms with Gasteiger partial charge < -0.3 is 14.8 Å². The van der Waals surface area contributed by atoms with Gasteiger partial charge in [-0.2, -0.15) is 0 Å². The van der Waals surface area contributed by atoms with Crippen molar-refractivity contribution in [3.8, 4) is 0 Å². The van der Waals surface area contributed by atoms with Crippen molar-refractivity contribution in [2.24, 2.45) is 0 Å². The highest BCUT2D eigenvalue weighted by molar-refractivity contribution is 5.27. The summed E-state index contributed by atoms with van der Waals surface area (Å²) in [5.41, 5.74) is 1.08. The first-order valence-electron chi connectivity index (χ1n) is 7.43. The molecular formula is C16H22FNO2. The molecule has 3 rings (SSSR count). The lowest BCUT2D eigenvalue weighted by Crippen LogP contribution is -2.46. The van der Waals surface area contributed by atoms with Gasteiger partial charge in [-0.3, -0.25) is 0 Å². The van der Waals surface area contributed by atoms with E-state index in [4.69, 9.17) is 9.47 Å². The predicted molar refractivity (Wildman–Crippen MR) is 75.4 cm³/mol. The van der Waals surface area contributed by atoms with Crippen LogP contribution in [0.25, 0.3) is 0 Å². The van der Waals surface area contributed by atoms with Gasteiger partial charge in [0.1, 0.15) is 5.82 Å². The second-order valence-electron chi connectivity index (χ2n) is 5.84. The first-order chi connectivity index (χ1) is 9.78. The molecule has 0 aromatic heterocycles. The monoisotopic (exact) mass is 279 g/mol. The van der Waals surface area contributed by atoms with E-state index in [9.17, 15) is 4.39 Å². The largest absolute Gasteiger partial charge is 0.381 e. The smallest absolute Gasteiger partial charge is 0.123 e. The quantitative estimate of drug-likeness (QED) is 0.917. The third-order valence-corrected chi connectivity index (χ3v) is 4.55. The molecule has 20 heavy (non-hydrogen) atoms. The molecule has 2 aliphatic rings. The lowest BCUT2D eigenvalue weighted by atomic mass is 9.74. The average molecular weight is 279 g/mol. The van der Waals surface area contributed by atoms with Crippen LogP contribution < -0.4 is 5.32 Å². The Morgan fingerprint density at radius 1 is 1.20 bits per heavy atom. The minimum absolute atomic E-state index is 0.0110.